The van der Waals surface area contributed by atoms with E-state index in [1.807, 2.05) is 6.92 Å². The molecule has 0 aromatic heterocycles. The average Bonchev–Trinajstić information content (AvgIpc) is 2.33. The van der Waals surface area contributed by atoms with E-state index in [0.717, 1.165) is 12.8 Å². The van der Waals surface area contributed by atoms with Crippen LogP contribution in [0.2, 0.25) is 0 Å². The maximum absolute atomic E-state index is 11.5. The number of carbonyl (C=O) groups excluding carboxylic acids is 2. The second-order valence-corrected chi connectivity index (χ2v) is 4.13. The van der Waals surface area contributed by atoms with Crippen molar-refractivity contribution in [3.8, 4) is 0 Å². The van der Waals surface area contributed by atoms with Crippen LogP contribution in [-0.2, 0) is 14.4 Å². The molecule has 0 bridgehead atoms. The van der Waals surface area contributed by atoms with Crippen molar-refractivity contribution in [3.63, 3.8) is 0 Å². The zero-order chi connectivity index (χ0) is 14.0. The minimum Gasteiger partial charge on any atom is -0.480 e. The Morgan fingerprint density at radius 3 is 2.22 bits per heavy atom. The Bertz CT molecular complexity index is 292. The van der Waals surface area contributed by atoms with Gasteiger partial charge in [-0.3, -0.25) is 9.59 Å². The zero-order valence-electron chi connectivity index (χ0n) is 11.0. The van der Waals surface area contributed by atoms with Gasteiger partial charge in [0.2, 0.25) is 11.8 Å². The molecule has 0 saturated heterocycles. The van der Waals surface area contributed by atoms with Gasteiger partial charge in [0.15, 0.2) is 0 Å². The normalized spacial score (nSPS) is 11.7. The van der Waals surface area contributed by atoms with E-state index in [-0.39, 0.29) is 24.7 Å². The number of nitrogens with one attached hydrogen (secondary N) is 2. The van der Waals surface area contributed by atoms with E-state index in [9.17, 15) is 14.4 Å². The van der Waals surface area contributed by atoms with Crippen LogP contribution in [0.4, 0.5) is 0 Å². The number of carbonyl (C=O) groups is 3. The Balaban J connectivity index is 3.94. The number of carboxylic acids is 1. The summed E-state index contributed by atoms with van der Waals surface area (Å²) >= 11 is 0. The number of hydrogen-bond acceptors (Lipinski definition) is 3. The highest BCUT2D eigenvalue weighted by atomic mass is 16.4. The highest BCUT2D eigenvalue weighted by molar-refractivity contribution is 5.84. The average molecular weight is 258 g/mol. The molecule has 6 nitrogen and oxygen atoms in total. The predicted molar refractivity (Wildman–Crippen MR) is 67.0 cm³/mol. The summed E-state index contributed by atoms with van der Waals surface area (Å²) in [5, 5.41) is 13.9. The molecule has 2 amide bonds. The summed E-state index contributed by atoms with van der Waals surface area (Å²) in [6.07, 6.45) is 2.95. The smallest absolute Gasteiger partial charge is 0.326 e. The molecule has 1 atom stereocenters. The molecule has 0 aromatic rings. The Morgan fingerprint density at radius 1 is 1.11 bits per heavy atom. The van der Waals surface area contributed by atoms with E-state index in [1.54, 1.807) is 0 Å². The van der Waals surface area contributed by atoms with E-state index in [2.05, 4.69) is 10.6 Å². The molecule has 0 heterocycles. The third kappa shape index (κ3) is 7.65. The van der Waals surface area contributed by atoms with Crippen LogP contribution in [0.5, 0.6) is 0 Å². The van der Waals surface area contributed by atoms with Crippen LogP contribution in [0.1, 0.15) is 45.4 Å². The highest BCUT2D eigenvalue weighted by Crippen LogP contribution is 2.02. The lowest BCUT2D eigenvalue weighted by molar-refractivity contribution is -0.142. The molecule has 0 aliphatic rings. The van der Waals surface area contributed by atoms with Crippen molar-refractivity contribution in [1.82, 2.24) is 10.6 Å². The van der Waals surface area contributed by atoms with Gasteiger partial charge in [-0.2, -0.15) is 0 Å². The van der Waals surface area contributed by atoms with Gasteiger partial charge in [-0.15, -0.1) is 0 Å². The summed E-state index contributed by atoms with van der Waals surface area (Å²) in [4.78, 5) is 33.3. The molecule has 0 aromatic carbocycles. The molecule has 3 N–H and O–H groups in total. The van der Waals surface area contributed by atoms with Crippen LogP contribution >= 0.6 is 0 Å². The number of hydrogen-bond donors (Lipinski definition) is 3. The van der Waals surface area contributed by atoms with Crippen LogP contribution in [-0.4, -0.2) is 36.0 Å². The molecule has 0 aliphatic carbocycles. The van der Waals surface area contributed by atoms with E-state index in [0.29, 0.717) is 12.8 Å². The number of rotatable bonds is 9. The number of aliphatic carboxylic acids is 1. The Kier molecular flexibility index (Phi) is 8.61. The van der Waals surface area contributed by atoms with Crippen molar-refractivity contribution in [1.29, 1.82) is 0 Å². The minimum absolute atomic E-state index is 0.122. The molecule has 0 spiro atoms. The van der Waals surface area contributed by atoms with Crippen LogP contribution in [0.15, 0.2) is 0 Å². The van der Waals surface area contributed by atoms with Crippen LogP contribution in [0, 0.1) is 0 Å². The van der Waals surface area contributed by atoms with Crippen molar-refractivity contribution >= 4 is 17.8 Å². The first kappa shape index (κ1) is 16.4. The van der Waals surface area contributed by atoms with Gasteiger partial charge in [0, 0.05) is 19.9 Å². The molecule has 0 fully saturated rings. The fraction of sp³-hybridized carbons (Fsp3) is 0.750. The number of amides is 2. The Morgan fingerprint density at radius 2 is 1.72 bits per heavy atom. The fourth-order valence-electron chi connectivity index (χ4n) is 1.47. The SMILES string of the molecule is CCCCC(NC(=O)CCCC(=O)NC)C(=O)O. The second kappa shape index (κ2) is 9.44. The molecular weight excluding hydrogens is 236 g/mol. The van der Waals surface area contributed by atoms with Crippen LogP contribution in [0.25, 0.3) is 0 Å². The van der Waals surface area contributed by atoms with Gasteiger partial charge in [0.25, 0.3) is 0 Å². The standard InChI is InChI=1S/C12H22N2O4/c1-3-4-6-9(12(17)18)14-11(16)8-5-7-10(15)13-2/h9H,3-8H2,1-2H3,(H,13,15)(H,14,16)(H,17,18). The molecule has 6 heteroatoms. The first-order valence-corrected chi connectivity index (χ1v) is 6.24. The summed E-state index contributed by atoms with van der Waals surface area (Å²) in [5.74, 6) is -1.45. The molecule has 0 saturated carbocycles. The third-order valence-electron chi connectivity index (χ3n) is 2.57. The first-order chi connectivity index (χ1) is 8.51. The number of unbranched alkanes of at least 4 members (excludes halogenated alkanes) is 1. The molecule has 104 valence electrons. The number of carboxylic acid groups (broad SMARTS) is 1. The summed E-state index contributed by atoms with van der Waals surface area (Å²) < 4.78 is 0. The molecule has 18 heavy (non-hydrogen) atoms. The molecular formula is C12H22N2O4. The van der Waals surface area contributed by atoms with E-state index < -0.39 is 12.0 Å². The Hall–Kier alpha value is -1.59. The van der Waals surface area contributed by atoms with Crippen LogP contribution < -0.4 is 10.6 Å². The van der Waals surface area contributed by atoms with Gasteiger partial charge in [-0.1, -0.05) is 19.8 Å². The molecule has 1 unspecified atom stereocenters. The van der Waals surface area contributed by atoms with Crippen molar-refractivity contribution in [2.75, 3.05) is 7.05 Å². The van der Waals surface area contributed by atoms with E-state index >= 15 is 0 Å². The van der Waals surface area contributed by atoms with Crippen LogP contribution in [0.3, 0.4) is 0 Å². The highest BCUT2D eigenvalue weighted by Gasteiger charge is 2.18. The summed E-state index contributed by atoms with van der Waals surface area (Å²) in [5.41, 5.74) is 0. The second-order valence-electron chi connectivity index (χ2n) is 4.13. The van der Waals surface area contributed by atoms with Gasteiger partial charge in [0.05, 0.1) is 0 Å². The summed E-state index contributed by atoms with van der Waals surface area (Å²) in [6, 6.07) is -0.822. The summed E-state index contributed by atoms with van der Waals surface area (Å²) in [7, 11) is 1.54. The largest absolute Gasteiger partial charge is 0.480 e. The van der Waals surface area contributed by atoms with Crippen molar-refractivity contribution in [2.45, 2.75) is 51.5 Å². The van der Waals surface area contributed by atoms with Crippen molar-refractivity contribution in [2.24, 2.45) is 0 Å². The van der Waals surface area contributed by atoms with E-state index in [1.165, 1.54) is 7.05 Å². The molecule has 0 aliphatic heterocycles. The van der Waals surface area contributed by atoms with Crippen molar-refractivity contribution < 1.29 is 19.5 Å². The lowest BCUT2D eigenvalue weighted by Gasteiger charge is -2.13. The molecule has 0 radical (unpaired) electrons. The maximum Gasteiger partial charge on any atom is 0.326 e. The monoisotopic (exact) mass is 258 g/mol. The van der Waals surface area contributed by atoms with E-state index in [4.69, 9.17) is 5.11 Å². The lowest BCUT2D eigenvalue weighted by atomic mass is 10.1. The minimum atomic E-state index is -1.01. The quantitative estimate of drug-likeness (QED) is 0.566. The van der Waals surface area contributed by atoms with Gasteiger partial charge in [-0.25, -0.2) is 4.79 Å². The van der Waals surface area contributed by atoms with Gasteiger partial charge in [-0.05, 0) is 12.8 Å². The molecule has 0 rings (SSSR count). The topological polar surface area (TPSA) is 95.5 Å². The summed E-state index contributed by atoms with van der Waals surface area (Å²) in [6.45, 7) is 1.96. The van der Waals surface area contributed by atoms with Gasteiger partial charge < -0.3 is 15.7 Å². The maximum atomic E-state index is 11.5. The van der Waals surface area contributed by atoms with Gasteiger partial charge in [0.1, 0.15) is 6.04 Å². The zero-order valence-corrected chi connectivity index (χ0v) is 11.0. The predicted octanol–water partition coefficient (Wildman–Crippen LogP) is 0.662. The lowest BCUT2D eigenvalue weighted by Crippen LogP contribution is -2.40. The van der Waals surface area contributed by atoms with Crippen molar-refractivity contribution in [3.05, 3.63) is 0 Å². The first-order valence-electron chi connectivity index (χ1n) is 6.24. The van der Waals surface area contributed by atoms with Gasteiger partial charge >= 0.3 is 5.97 Å². The fourth-order valence-corrected chi connectivity index (χ4v) is 1.47. The Labute approximate surface area is 107 Å². The third-order valence-corrected chi connectivity index (χ3v) is 2.57.